The Hall–Kier alpha value is -3.59. The molecule has 35 heavy (non-hydrogen) atoms. The minimum Gasteiger partial charge on any atom is -0.215 e. The van der Waals surface area contributed by atoms with Gasteiger partial charge < -0.3 is 0 Å². The van der Waals surface area contributed by atoms with E-state index in [4.69, 9.17) is 23.2 Å². The highest BCUT2D eigenvalue weighted by atomic mass is 35.5. The first-order chi connectivity index (χ1) is 17.1. The number of nitrogens with zero attached hydrogens (tertiary/aromatic N) is 2. The van der Waals surface area contributed by atoms with E-state index in [2.05, 4.69) is 97.1 Å². The smallest absolute Gasteiger partial charge is 0.215 e. The molecule has 0 saturated carbocycles. The number of hydrogen-bond donors (Lipinski definition) is 0. The molecule has 0 radical (unpaired) electrons. The highest BCUT2D eigenvalue weighted by Crippen LogP contribution is 2.35. The largest absolute Gasteiger partial charge is 0.255 e. The van der Waals surface area contributed by atoms with Gasteiger partial charge in [0.1, 0.15) is 13.1 Å². The summed E-state index contributed by atoms with van der Waals surface area (Å²) in [7, 11) is 0. The van der Waals surface area contributed by atoms with Gasteiger partial charge in [-0.3, -0.25) is 0 Å². The number of halogens is 2. The van der Waals surface area contributed by atoms with Crippen molar-refractivity contribution in [1.29, 1.82) is 0 Å². The lowest BCUT2D eigenvalue weighted by atomic mass is 9.93. The fourth-order valence-electron chi connectivity index (χ4n) is 5.37. The Bertz CT molecular complexity index is 1820. The lowest BCUT2D eigenvalue weighted by Crippen LogP contribution is -2.33. The van der Waals surface area contributed by atoms with Crippen molar-refractivity contribution in [3.8, 4) is 0 Å². The Kier molecular flexibility index (Phi) is 4.73. The third-order valence-corrected chi connectivity index (χ3v) is 7.88. The molecule has 2 nitrogen and oxygen atoms in total. The molecule has 0 saturated heterocycles. The molecule has 0 N–H and O–H groups in total. The molecule has 0 amide bonds. The molecule has 0 aliphatic carbocycles. The summed E-state index contributed by atoms with van der Waals surface area (Å²) < 4.78 is 4.04. The molecular formula is C31H21Cl2N2+. The van der Waals surface area contributed by atoms with Gasteiger partial charge in [0.2, 0.25) is 6.33 Å². The number of aromatic nitrogens is 2. The molecule has 0 aliphatic rings. The van der Waals surface area contributed by atoms with Gasteiger partial charge in [-0.15, -0.1) is 0 Å². The molecule has 0 bridgehead atoms. The molecule has 7 rings (SSSR count). The lowest BCUT2D eigenvalue weighted by molar-refractivity contribution is -0.685. The minimum absolute atomic E-state index is 0.553. The summed E-state index contributed by atoms with van der Waals surface area (Å²) in [5.74, 6) is 0. The summed E-state index contributed by atoms with van der Waals surface area (Å²) in [5, 5.41) is 11.3. The van der Waals surface area contributed by atoms with Crippen molar-refractivity contribution < 1.29 is 4.57 Å². The van der Waals surface area contributed by atoms with Crippen LogP contribution in [0, 0.1) is 0 Å². The predicted molar refractivity (Wildman–Crippen MR) is 147 cm³/mol. The van der Waals surface area contributed by atoms with Gasteiger partial charge in [-0.05, 0) is 95.6 Å². The summed E-state index contributed by atoms with van der Waals surface area (Å²) >= 11 is 13.4. The van der Waals surface area contributed by atoms with Crippen LogP contribution in [0.25, 0.3) is 43.1 Å². The topological polar surface area (TPSA) is 8.81 Å². The Morgan fingerprint density at radius 1 is 0.571 bits per heavy atom. The SMILES string of the molecule is Clc1c(Cl)[n+](Cc2cc3ccc4cccc5ccc(c2)c3c45)cn1Cc1ccc2ccccc2c1. The average Bonchev–Trinajstić information content (AvgIpc) is 3.14. The van der Waals surface area contributed by atoms with E-state index in [9.17, 15) is 0 Å². The van der Waals surface area contributed by atoms with E-state index in [0.29, 0.717) is 23.4 Å². The molecule has 4 heteroatoms. The zero-order valence-electron chi connectivity index (χ0n) is 18.9. The van der Waals surface area contributed by atoms with E-state index in [0.717, 1.165) is 0 Å². The number of hydrogen-bond acceptors (Lipinski definition) is 0. The maximum Gasteiger partial charge on any atom is 0.255 e. The Morgan fingerprint density at radius 2 is 1.14 bits per heavy atom. The monoisotopic (exact) mass is 491 g/mol. The van der Waals surface area contributed by atoms with Crippen molar-refractivity contribution in [1.82, 2.24) is 4.57 Å². The zero-order valence-corrected chi connectivity index (χ0v) is 20.4. The standard InChI is InChI=1S/C31H21Cl2N2/c32-30-31(33)35(19-34(30)17-20-8-9-22-4-1-2-5-25(22)14-20)18-21-15-26-12-10-23-6-3-7-24-11-13-27(16-21)29(26)28(23)24/h1-16,19H,17-18H2/q+1. The van der Waals surface area contributed by atoms with E-state index in [1.54, 1.807) is 0 Å². The first-order valence-corrected chi connectivity index (χ1v) is 12.5. The number of imidazole rings is 1. The fourth-order valence-corrected chi connectivity index (χ4v) is 5.79. The molecular weight excluding hydrogens is 471 g/mol. The second kappa shape index (κ2) is 7.98. The third-order valence-electron chi connectivity index (χ3n) is 7.00. The fraction of sp³-hybridized carbons (Fsp3) is 0.0645. The number of benzene rings is 6. The van der Waals surface area contributed by atoms with Crippen LogP contribution < -0.4 is 4.57 Å². The Labute approximate surface area is 212 Å². The summed E-state index contributed by atoms with van der Waals surface area (Å²) in [6.45, 7) is 1.32. The van der Waals surface area contributed by atoms with E-state index in [1.165, 1.54) is 54.2 Å². The molecule has 6 aromatic carbocycles. The van der Waals surface area contributed by atoms with E-state index in [1.807, 2.05) is 15.5 Å². The summed E-state index contributed by atoms with van der Waals surface area (Å²) in [4.78, 5) is 0. The van der Waals surface area contributed by atoms with Crippen molar-refractivity contribution >= 4 is 66.3 Å². The molecule has 0 unspecified atom stereocenters. The van der Waals surface area contributed by atoms with Crippen LogP contribution in [0.3, 0.4) is 0 Å². The highest BCUT2D eigenvalue weighted by molar-refractivity contribution is 6.39. The Balaban J connectivity index is 1.25. The molecule has 0 fully saturated rings. The van der Waals surface area contributed by atoms with Gasteiger partial charge in [0.25, 0.3) is 10.3 Å². The van der Waals surface area contributed by atoms with Crippen LogP contribution in [-0.2, 0) is 13.1 Å². The van der Waals surface area contributed by atoms with Gasteiger partial charge in [-0.2, -0.15) is 0 Å². The van der Waals surface area contributed by atoms with Crippen molar-refractivity contribution in [2.75, 3.05) is 0 Å². The molecule has 168 valence electrons. The molecule has 0 atom stereocenters. The lowest BCUT2D eigenvalue weighted by Gasteiger charge is -2.12. The molecule has 0 aliphatic heterocycles. The third kappa shape index (κ3) is 3.44. The summed E-state index contributed by atoms with van der Waals surface area (Å²) in [5.41, 5.74) is 2.38. The summed E-state index contributed by atoms with van der Waals surface area (Å²) in [6, 6.07) is 34.8. The minimum atomic E-state index is 0.553. The molecule has 1 heterocycles. The average molecular weight is 492 g/mol. The van der Waals surface area contributed by atoms with Gasteiger partial charge in [0.15, 0.2) is 0 Å². The van der Waals surface area contributed by atoms with Crippen molar-refractivity contribution in [2.45, 2.75) is 13.1 Å². The summed E-state index contributed by atoms with van der Waals surface area (Å²) in [6.07, 6.45) is 2.02. The van der Waals surface area contributed by atoms with Crippen LogP contribution in [0.5, 0.6) is 0 Å². The van der Waals surface area contributed by atoms with Crippen LogP contribution >= 0.6 is 23.2 Å². The zero-order chi connectivity index (χ0) is 23.5. The van der Waals surface area contributed by atoms with E-state index < -0.39 is 0 Å². The molecule has 0 spiro atoms. The van der Waals surface area contributed by atoms with Gasteiger partial charge >= 0.3 is 0 Å². The van der Waals surface area contributed by atoms with Crippen molar-refractivity contribution in [3.63, 3.8) is 0 Å². The second-order valence-corrected chi connectivity index (χ2v) is 9.98. The van der Waals surface area contributed by atoms with Crippen LogP contribution in [0.4, 0.5) is 0 Å². The first kappa shape index (κ1) is 20.8. The molecule has 1 aromatic heterocycles. The van der Waals surface area contributed by atoms with Crippen LogP contribution in [0.15, 0.2) is 103 Å². The first-order valence-electron chi connectivity index (χ1n) is 11.7. The van der Waals surface area contributed by atoms with Gasteiger partial charge in [-0.25, -0.2) is 9.13 Å². The van der Waals surface area contributed by atoms with Gasteiger partial charge in [-0.1, -0.05) is 78.9 Å². The quantitative estimate of drug-likeness (QED) is 0.173. The van der Waals surface area contributed by atoms with E-state index >= 15 is 0 Å². The maximum absolute atomic E-state index is 6.70. The van der Waals surface area contributed by atoms with Crippen molar-refractivity contribution in [2.24, 2.45) is 0 Å². The van der Waals surface area contributed by atoms with Crippen LogP contribution in [0.2, 0.25) is 10.3 Å². The highest BCUT2D eigenvalue weighted by Gasteiger charge is 2.21. The second-order valence-electron chi connectivity index (χ2n) is 9.26. The predicted octanol–water partition coefficient (Wildman–Crippen LogP) is 8.23. The van der Waals surface area contributed by atoms with Crippen LogP contribution in [-0.4, -0.2) is 4.57 Å². The van der Waals surface area contributed by atoms with Crippen molar-refractivity contribution in [3.05, 3.63) is 125 Å². The number of rotatable bonds is 4. The van der Waals surface area contributed by atoms with E-state index in [-0.39, 0.29) is 0 Å². The maximum atomic E-state index is 6.70. The Morgan fingerprint density at radius 3 is 1.89 bits per heavy atom. The van der Waals surface area contributed by atoms with Gasteiger partial charge in [0, 0.05) is 0 Å². The van der Waals surface area contributed by atoms with Gasteiger partial charge in [0.05, 0.1) is 0 Å². The normalized spacial score (nSPS) is 11.9. The number of fused-ring (bicyclic) bond motifs is 1. The molecule has 7 aromatic rings. The van der Waals surface area contributed by atoms with Crippen LogP contribution in [0.1, 0.15) is 11.1 Å².